The van der Waals surface area contributed by atoms with Gasteiger partial charge in [-0.25, -0.2) is 22.4 Å². The van der Waals surface area contributed by atoms with Crippen LogP contribution in [0, 0.1) is 5.82 Å². The second kappa shape index (κ2) is 5.68. The quantitative estimate of drug-likeness (QED) is 0.839. The van der Waals surface area contributed by atoms with Crippen molar-refractivity contribution in [3.05, 3.63) is 29.6 Å². The van der Waals surface area contributed by atoms with Gasteiger partial charge in [0, 0.05) is 18.8 Å². The molecule has 0 aromatic heterocycles. The van der Waals surface area contributed by atoms with Gasteiger partial charge in [-0.2, -0.15) is 0 Å². The number of anilines is 1. The number of nitrogens with zero attached hydrogens (tertiary/aromatic N) is 1. The Morgan fingerprint density at radius 3 is 2.38 bits per heavy atom. The summed E-state index contributed by atoms with van der Waals surface area (Å²) >= 11 is 0. The Morgan fingerprint density at radius 2 is 1.86 bits per heavy atom. The number of carboxylic acids is 1. The van der Waals surface area contributed by atoms with Crippen LogP contribution < -0.4 is 5.32 Å². The largest absolute Gasteiger partial charge is 0.478 e. The summed E-state index contributed by atoms with van der Waals surface area (Å²) in [6, 6.07) is 2.67. The lowest BCUT2D eigenvalue weighted by atomic mass is 10.2. The topological polar surface area (TPSA) is 104 Å². The number of rotatable bonds is 2. The van der Waals surface area contributed by atoms with Crippen molar-refractivity contribution in [3.8, 4) is 0 Å². The van der Waals surface area contributed by atoms with Crippen molar-refractivity contribution >= 4 is 27.5 Å². The molecule has 1 saturated heterocycles. The number of carboxylic acid groups (broad SMARTS) is 1. The molecule has 0 spiro atoms. The fourth-order valence-electron chi connectivity index (χ4n) is 1.88. The van der Waals surface area contributed by atoms with E-state index in [0.29, 0.717) is 0 Å². The highest BCUT2D eigenvalue weighted by Crippen LogP contribution is 2.15. The van der Waals surface area contributed by atoms with Gasteiger partial charge < -0.3 is 15.3 Å². The van der Waals surface area contributed by atoms with E-state index in [9.17, 15) is 22.4 Å². The highest BCUT2D eigenvalue weighted by atomic mass is 32.2. The van der Waals surface area contributed by atoms with Gasteiger partial charge in [-0.1, -0.05) is 0 Å². The van der Waals surface area contributed by atoms with Gasteiger partial charge in [-0.05, 0) is 18.2 Å². The Balaban J connectivity index is 2.03. The molecule has 9 heteroatoms. The van der Waals surface area contributed by atoms with Crippen LogP contribution in [0.2, 0.25) is 0 Å². The van der Waals surface area contributed by atoms with Gasteiger partial charge >= 0.3 is 12.0 Å². The summed E-state index contributed by atoms with van der Waals surface area (Å²) in [7, 11) is -3.09. The number of amides is 2. The van der Waals surface area contributed by atoms with Gasteiger partial charge in [0.05, 0.1) is 17.1 Å². The number of urea groups is 1. The van der Waals surface area contributed by atoms with Gasteiger partial charge in [0.15, 0.2) is 9.84 Å². The molecule has 2 N–H and O–H groups in total. The number of carbonyl (C=O) groups excluding carboxylic acids is 1. The number of aromatic carboxylic acids is 1. The van der Waals surface area contributed by atoms with E-state index in [-0.39, 0.29) is 30.3 Å². The van der Waals surface area contributed by atoms with E-state index in [0.717, 1.165) is 12.1 Å². The number of nitrogens with one attached hydrogen (secondary N) is 1. The summed E-state index contributed by atoms with van der Waals surface area (Å²) in [4.78, 5) is 23.9. The number of benzene rings is 1. The molecule has 1 heterocycles. The average Bonchev–Trinajstić information content (AvgIpc) is 2.38. The Labute approximate surface area is 120 Å². The zero-order chi connectivity index (χ0) is 15.6. The third kappa shape index (κ3) is 3.69. The minimum atomic E-state index is -3.09. The Morgan fingerprint density at radius 1 is 1.24 bits per heavy atom. The molecule has 21 heavy (non-hydrogen) atoms. The molecule has 7 nitrogen and oxygen atoms in total. The third-order valence-corrected chi connectivity index (χ3v) is 4.69. The third-order valence-electron chi connectivity index (χ3n) is 3.08. The molecule has 0 unspecified atom stereocenters. The summed E-state index contributed by atoms with van der Waals surface area (Å²) in [5.74, 6) is -2.56. The Bertz CT molecular complexity index is 675. The highest BCUT2D eigenvalue weighted by Gasteiger charge is 2.25. The molecule has 114 valence electrons. The van der Waals surface area contributed by atoms with Crippen molar-refractivity contribution in [2.45, 2.75) is 0 Å². The van der Waals surface area contributed by atoms with Crippen LogP contribution >= 0.6 is 0 Å². The zero-order valence-corrected chi connectivity index (χ0v) is 11.7. The summed E-state index contributed by atoms with van der Waals surface area (Å²) in [6.07, 6.45) is 0. The predicted octanol–water partition coefficient (Wildman–Crippen LogP) is 0.786. The minimum Gasteiger partial charge on any atom is -0.478 e. The van der Waals surface area contributed by atoms with E-state index in [1.165, 1.54) is 11.0 Å². The molecule has 2 rings (SSSR count). The van der Waals surface area contributed by atoms with E-state index in [1.54, 1.807) is 0 Å². The molecule has 1 aliphatic rings. The summed E-state index contributed by atoms with van der Waals surface area (Å²) in [5.41, 5.74) is -0.381. The Hall–Kier alpha value is -2.16. The summed E-state index contributed by atoms with van der Waals surface area (Å²) < 4.78 is 36.0. The number of carbonyl (C=O) groups is 2. The lowest BCUT2D eigenvalue weighted by Gasteiger charge is -2.26. The molecule has 0 radical (unpaired) electrons. The fourth-order valence-corrected chi connectivity index (χ4v) is 3.09. The molecule has 1 aromatic carbocycles. The minimum absolute atomic E-state index is 0.0733. The zero-order valence-electron chi connectivity index (χ0n) is 10.9. The number of sulfone groups is 1. The second-order valence-corrected chi connectivity index (χ2v) is 6.87. The van der Waals surface area contributed by atoms with E-state index in [4.69, 9.17) is 5.11 Å². The van der Waals surface area contributed by atoms with Crippen LogP contribution in [-0.4, -0.2) is 55.0 Å². The van der Waals surface area contributed by atoms with Gasteiger partial charge in [0.1, 0.15) is 5.82 Å². The van der Waals surface area contributed by atoms with Gasteiger partial charge in [-0.3, -0.25) is 0 Å². The van der Waals surface area contributed by atoms with E-state index in [1.807, 2.05) is 0 Å². The lowest BCUT2D eigenvalue weighted by molar-refractivity contribution is 0.0692. The maximum atomic E-state index is 13.5. The van der Waals surface area contributed by atoms with Crippen LogP contribution in [0.5, 0.6) is 0 Å². The average molecular weight is 316 g/mol. The molecule has 0 bridgehead atoms. The first kappa shape index (κ1) is 15.2. The standard InChI is InChI=1S/C12H13FN2O5S/c13-10-7-8(1-2-9(10)11(16)17)14-12(18)15-3-5-21(19,20)6-4-15/h1-2,7H,3-6H2,(H,14,18)(H,16,17). The normalized spacial score (nSPS) is 17.3. The molecule has 1 aromatic rings. The van der Waals surface area contributed by atoms with Crippen LogP contribution in [0.4, 0.5) is 14.9 Å². The van der Waals surface area contributed by atoms with Crippen LogP contribution in [0.15, 0.2) is 18.2 Å². The van der Waals surface area contributed by atoms with Gasteiger partial charge in [-0.15, -0.1) is 0 Å². The fraction of sp³-hybridized carbons (Fsp3) is 0.333. The van der Waals surface area contributed by atoms with Crippen molar-refractivity contribution in [2.24, 2.45) is 0 Å². The number of hydrogen-bond donors (Lipinski definition) is 2. The summed E-state index contributed by atoms with van der Waals surface area (Å²) in [6.45, 7) is 0.147. The van der Waals surface area contributed by atoms with Crippen LogP contribution in [0.3, 0.4) is 0 Å². The van der Waals surface area contributed by atoms with Crippen molar-refractivity contribution < 1.29 is 27.5 Å². The molecular weight excluding hydrogens is 303 g/mol. The van der Waals surface area contributed by atoms with Gasteiger partial charge in [0.2, 0.25) is 0 Å². The number of hydrogen-bond acceptors (Lipinski definition) is 4. The Kier molecular flexibility index (Phi) is 4.12. The molecule has 2 amide bonds. The SMILES string of the molecule is O=C(O)c1ccc(NC(=O)N2CCS(=O)(=O)CC2)cc1F. The maximum Gasteiger partial charge on any atom is 0.338 e. The smallest absolute Gasteiger partial charge is 0.338 e. The molecule has 0 aliphatic carbocycles. The van der Waals surface area contributed by atoms with Crippen molar-refractivity contribution in [3.63, 3.8) is 0 Å². The highest BCUT2D eigenvalue weighted by molar-refractivity contribution is 7.91. The molecule has 0 atom stereocenters. The summed E-state index contributed by atoms with van der Waals surface area (Å²) in [5, 5.41) is 11.1. The first-order valence-corrected chi connectivity index (χ1v) is 7.90. The first-order chi connectivity index (χ1) is 9.78. The first-order valence-electron chi connectivity index (χ1n) is 6.08. The van der Waals surface area contributed by atoms with E-state index in [2.05, 4.69) is 5.32 Å². The molecule has 1 fully saturated rings. The van der Waals surface area contributed by atoms with E-state index >= 15 is 0 Å². The second-order valence-electron chi connectivity index (χ2n) is 4.57. The number of halogens is 1. The monoisotopic (exact) mass is 316 g/mol. The van der Waals surface area contributed by atoms with Crippen LogP contribution in [0.1, 0.15) is 10.4 Å². The van der Waals surface area contributed by atoms with Crippen molar-refractivity contribution in [1.29, 1.82) is 0 Å². The molecule has 0 saturated carbocycles. The molecule has 1 aliphatic heterocycles. The molecular formula is C12H13FN2O5S. The van der Waals surface area contributed by atoms with Gasteiger partial charge in [0.25, 0.3) is 0 Å². The van der Waals surface area contributed by atoms with Crippen LogP contribution in [-0.2, 0) is 9.84 Å². The maximum absolute atomic E-state index is 13.5. The van der Waals surface area contributed by atoms with Crippen LogP contribution in [0.25, 0.3) is 0 Å². The lowest BCUT2D eigenvalue weighted by Crippen LogP contribution is -2.45. The van der Waals surface area contributed by atoms with Crippen molar-refractivity contribution in [2.75, 3.05) is 29.9 Å². The van der Waals surface area contributed by atoms with E-state index < -0.39 is 33.2 Å². The predicted molar refractivity (Wildman–Crippen MR) is 72.6 cm³/mol. The van der Waals surface area contributed by atoms with Crippen molar-refractivity contribution in [1.82, 2.24) is 4.90 Å².